The fourth-order valence-corrected chi connectivity index (χ4v) is 13.3. The number of benzene rings is 11. The topological polar surface area (TPSA) is 37.5 Å². The molecule has 0 saturated heterocycles. The first-order valence-electron chi connectivity index (χ1n) is 27.1. The molecule has 13 aromatic rings. The summed E-state index contributed by atoms with van der Waals surface area (Å²) in [6.07, 6.45) is 8.73. The van der Waals surface area contributed by atoms with Crippen LogP contribution in [0.3, 0.4) is 0 Å². The molecule has 0 radical (unpaired) electrons. The molecule has 0 saturated carbocycles. The van der Waals surface area contributed by atoms with E-state index in [9.17, 15) is 0 Å². The number of allylic oxidation sites excluding steroid dienone is 2. The van der Waals surface area contributed by atoms with Gasteiger partial charge in [-0.15, -0.1) is 0 Å². The van der Waals surface area contributed by atoms with E-state index in [2.05, 4.69) is 294 Å². The molecule has 1 atom stereocenters. The fourth-order valence-electron chi connectivity index (χ4n) is 13.3. The van der Waals surface area contributed by atoms with Gasteiger partial charge in [-0.25, -0.2) is 4.99 Å². The van der Waals surface area contributed by atoms with Crippen LogP contribution in [0.15, 0.2) is 271 Å². The predicted molar refractivity (Wildman–Crippen MR) is 328 cm³/mol. The van der Waals surface area contributed by atoms with Crippen LogP contribution in [0.2, 0.25) is 0 Å². The molecule has 1 aliphatic carbocycles. The van der Waals surface area contributed by atoms with E-state index < -0.39 is 0 Å². The van der Waals surface area contributed by atoms with Gasteiger partial charge in [0.1, 0.15) is 0 Å². The lowest BCUT2D eigenvalue weighted by Crippen LogP contribution is -2.42. The molecular formula is C73H51N5. The van der Waals surface area contributed by atoms with Gasteiger partial charge in [0, 0.05) is 49.5 Å². The molecule has 5 heteroatoms. The lowest BCUT2D eigenvalue weighted by atomic mass is 9.73. The Kier molecular flexibility index (Phi) is 9.68. The largest absolute Gasteiger partial charge is 0.345 e. The summed E-state index contributed by atoms with van der Waals surface area (Å²) in [4.78, 5) is 8.16. The third kappa shape index (κ3) is 6.58. The first-order valence-corrected chi connectivity index (χ1v) is 27.1. The van der Waals surface area contributed by atoms with E-state index in [4.69, 9.17) is 4.99 Å². The number of hydrogen-bond donors (Lipinski definition) is 1. The van der Waals surface area contributed by atoms with E-state index in [1.807, 2.05) is 0 Å². The molecule has 0 bridgehead atoms. The first-order chi connectivity index (χ1) is 38.5. The van der Waals surface area contributed by atoms with Crippen LogP contribution < -0.4 is 10.2 Å². The first kappa shape index (κ1) is 44.3. The summed E-state index contributed by atoms with van der Waals surface area (Å²) in [6.45, 7) is 4.70. The third-order valence-corrected chi connectivity index (χ3v) is 16.9. The van der Waals surface area contributed by atoms with E-state index in [1.165, 1.54) is 88.1 Å². The molecule has 2 aromatic heterocycles. The van der Waals surface area contributed by atoms with E-state index in [-0.39, 0.29) is 11.5 Å². The highest BCUT2D eigenvalue weighted by Gasteiger charge is 2.37. The van der Waals surface area contributed by atoms with Crippen LogP contribution in [-0.4, -0.2) is 21.1 Å². The number of hydrogen-bond acceptors (Lipinski definition) is 3. The summed E-state index contributed by atoms with van der Waals surface area (Å²) < 4.78 is 4.85. The van der Waals surface area contributed by atoms with E-state index in [0.717, 1.165) is 56.0 Å². The number of fused-ring (bicyclic) bond motifs is 12. The zero-order chi connectivity index (χ0) is 51.6. The Morgan fingerprint density at radius 2 is 1.01 bits per heavy atom. The minimum atomic E-state index is -0.180. The lowest BCUT2D eigenvalue weighted by Gasteiger charge is -2.42. The number of para-hydroxylation sites is 3. The van der Waals surface area contributed by atoms with Crippen molar-refractivity contribution in [3.63, 3.8) is 0 Å². The minimum Gasteiger partial charge on any atom is -0.345 e. The molecular weight excluding hydrogens is 947 g/mol. The second-order valence-electron chi connectivity index (χ2n) is 21.5. The molecule has 0 spiro atoms. The molecule has 0 fully saturated rings. The molecule has 11 aromatic carbocycles. The van der Waals surface area contributed by atoms with Crippen molar-refractivity contribution in [3.05, 3.63) is 283 Å². The summed E-state index contributed by atoms with van der Waals surface area (Å²) in [5.74, 6) is 0.781. The van der Waals surface area contributed by atoms with Crippen LogP contribution in [0.1, 0.15) is 30.5 Å². The van der Waals surface area contributed by atoms with Gasteiger partial charge in [-0.05, 0) is 116 Å². The maximum atomic E-state index is 5.69. The van der Waals surface area contributed by atoms with Crippen molar-refractivity contribution in [1.82, 2.24) is 14.5 Å². The van der Waals surface area contributed by atoms with Crippen molar-refractivity contribution in [3.8, 4) is 27.9 Å². The van der Waals surface area contributed by atoms with Crippen molar-refractivity contribution in [2.75, 3.05) is 4.90 Å². The van der Waals surface area contributed by atoms with Gasteiger partial charge in [-0.1, -0.05) is 214 Å². The van der Waals surface area contributed by atoms with Crippen molar-refractivity contribution < 1.29 is 0 Å². The molecule has 368 valence electrons. The lowest BCUT2D eigenvalue weighted by molar-refractivity contribution is 0.632. The Hall–Kier alpha value is -9.97. The normalized spacial score (nSPS) is 15.5. The molecule has 16 rings (SSSR count). The SMILES string of the molecule is CC1(C)c2ccccc2N(c2ccc3c(c2)c2cc(-n4c5ccccc5c5c6ccccc6c(-c6ccccc6)cc54)ccc2n3C2=NC(c3ccc(-c4cccc5ccccc45)cc3)=C3C=CC=CC3N2)c2ccccc21. The van der Waals surface area contributed by atoms with Crippen LogP contribution in [0.4, 0.5) is 17.1 Å². The fraction of sp³-hybridized carbons (Fsp3) is 0.0548. The van der Waals surface area contributed by atoms with Gasteiger partial charge in [-0.3, -0.25) is 4.57 Å². The summed E-state index contributed by atoms with van der Waals surface area (Å²) in [5.41, 5.74) is 19.5. The standard InChI is InChI=1S/C73H51N5/c1-73(2)61-29-12-16-33-67(61)77(68-34-17-13-30-62(68)73)51-40-42-66-60(44-51)59-43-50(76-64-32-15-11-27-57(64)70-55-25-9-8-24-54(55)58(45-69(70)76)47-19-4-3-5-20-47)39-41-65(59)78(66)72-74-63-31-14-10-26-56(63)71(75-72)49-37-35-48(36-38-49)53-28-18-22-46-21-6-7-23-52(46)53/h3-45,63H,1-2H3,(H,74,75). The number of anilines is 3. The molecule has 4 heterocycles. The van der Waals surface area contributed by atoms with Crippen molar-refractivity contribution in [1.29, 1.82) is 0 Å². The monoisotopic (exact) mass is 997 g/mol. The van der Waals surface area contributed by atoms with Gasteiger partial charge in [-0.2, -0.15) is 0 Å². The second-order valence-corrected chi connectivity index (χ2v) is 21.5. The molecule has 0 amide bonds. The molecule has 78 heavy (non-hydrogen) atoms. The maximum Gasteiger partial charge on any atom is 0.209 e. The average molecular weight is 998 g/mol. The number of nitrogens with one attached hydrogen (secondary N) is 1. The number of nitrogens with zero attached hydrogens (tertiary/aromatic N) is 4. The molecule has 5 nitrogen and oxygen atoms in total. The van der Waals surface area contributed by atoms with Crippen molar-refractivity contribution in [2.45, 2.75) is 25.3 Å². The van der Waals surface area contributed by atoms with Gasteiger partial charge in [0.15, 0.2) is 0 Å². The van der Waals surface area contributed by atoms with Gasteiger partial charge < -0.3 is 14.8 Å². The molecule has 2 aliphatic heterocycles. The Bertz CT molecular complexity index is 4740. The van der Waals surface area contributed by atoms with E-state index in [0.29, 0.717) is 0 Å². The number of aliphatic imine (C=N–C) groups is 1. The Balaban J connectivity index is 0.935. The smallest absolute Gasteiger partial charge is 0.209 e. The Morgan fingerprint density at radius 3 is 1.78 bits per heavy atom. The summed E-state index contributed by atoms with van der Waals surface area (Å²) >= 11 is 0. The molecule has 1 N–H and O–H groups in total. The molecule has 1 unspecified atom stereocenters. The highest BCUT2D eigenvalue weighted by Crippen LogP contribution is 2.52. The quantitative estimate of drug-likeness (QED) is 0.187. The van der Waals surface area contributed by atoms with E-state index >= 15 is 0 Å². The van der Waals surface area contributed by atoms with Gasteiger partial charge in [0.25, 0.3) is 0 Å². The van der Waals surface area contributed by atoms with Crippen LogP contribution in [0.25, 0.3) is 98.8 Å². The van der Waals surface area contributed by atoms with E-state index in [1.54, 1.807) is 0 Å². The Labute approximate surface area is 452 Å². The van der Waals surface area contributed by atoms with Crippen LogP contribution in [-0.2, 0) is 5.41 Å². The van der Waals surface area contributed by atoms with Crippen molar-refractivity contribution in [2.24, 2.45) is 4.99 Å². The average Bonchev–Trinajstić information content (AvgIpc) is 4.22. The minimum absolute atomic E-state index is 0.0859. The summed E-state index contributed by atoms with van der Waals surface area (Å²) in [6, 6.07) is 87.0. The highest BCUT2D eigenvalue weighted by atomic mass is 15.2. The van der Waals surface area contributed by atoms with Crippen LogP contribution in [0.5, 0.6) is 0 Å². The third-order valence-electron chi connectivity index (χ3n) is 16.9. The second kappa shape index (κ2) is 17.0. The maximum absolute atomic E-state index is 5.69. The number of rotatable bonds is 5. The van der Waals surface area contributed by atoms with Gasteiger partial charge >= 0.3 is 0 Å². The highest BCUT2D eigenvalue weighted by molar-refractivity contribution is 6.25. The number of aromatic nitrogens is 2. The zero-order valence-electron chi connectivity index (χ0n) is 43.2. The van der Waals surface area contributed by atoms with Crippen molar-refractivity contribution >= 4 is 93.9 Å². The predicted octanol–water partition coefficient (Wildman–Crippen LogP) is 18.4. The summed E-state index contributed by atoms with van der Waals surface area (Å²) in [5, 5.41) is 13.7. The van der Waals surface area contributed by atoms with Crippen LogP contribution in [0, 0.1) is 0 Å². The Morgan fingerprint density at radius 1 is 0.423 bits per heavy atom. The summed E-state index contributed by atoms with van der Waals surface area (Å²) in [7, 11) is 0. The van der Waals surface area contributed by atoms with Gasteiger partial charge in [0.05, 0.1) is 45.2 Å². The molecule has 3 aliphatic rings. The van der Waals surface area contributed by atoms with Crippen LogP contribution >= 0.6 is 0 Å². The zero-order valence-corrected chi connectivity index (χ0v) is 43.2. The van der Waals surface area contributed by atoms with Gasteiger partial charge in [0.2, 0.25) is 5.96 Å².